The molecule has 0 radical (unpaired) electrons. The number of rotatable bonds is 7. The summed E-state index contributed by atoms with van der Waals surface area (Å²) in [6, 6.07) is 5.30. The molecule has 0 aliphatic heterocycles. The normalized spacial score (nSPS) is 9.76. The predicted octanol–water partition coefficient (Wildman–Crippen LogP) is 1.25. The van der Waals surface area contributed by atoms with Crippen molar-refractivity contribution in [2.24, 2.45) is 5.73 Å². The van der Waals surface area contributed by atoms with Crippen LogP contribution in [0.2, 0.25) is 0 Å². The summed E-state index contributed by atoms with van der Waals surface area (Å²) in [4.78, 5) is 33.7. The van der Waals surface area contributed by atoms with Crippen molar-refractivity contribution in [3.63, 3.8) is 0 Å². The monoisotopic (exact) mass is 293 g/mol. The first-order valence-electron chi connectivity index (χ1n) is 6.63. The Kier molecular flexibility index (Phi) is 6.73. The van der Waals surface area contributed by atoms with E-state index >= 15 is 0 Å². The van der Waals surface area contributed by atoms with Gasteiger partial charge in [0.25, 0.3) is 5.91 Å². The fourth-order valence-corrected chi connectivity index (χ4v) is 1.50. The van der Waals surface area contributed by atoms with Gasteiger partial charge in [0, 0.05) is 12.2 Å². The molecule has 0 saturated heterocycles. The average Bonchev–Trinajstić information content (AvgIpc) is 2.45. The third kappa shape index (κ3) is 6.42. The van der Waals surface area contributed by atoms with Crippen LogP contribution in [-0.2, 0) is 9.53 Å². The van der Waals surface area contributed by atoms with Crippen molar-refractivity contribution in [2.75, 3.05) is 18.5 Å². The molecule has 0 spiro atoms. The minimum absolute atomic E-state index is 0.284. The van der Waals surface area contributed by atoms with Crippen LogP contribution in [0.4, 0.5) is 10.5 Å². The third-order valence-corrected chi connectivity index (χ3v) is 2.57. The highest BCUT2D eigenvalue weighted by molar-refractivity contribution is 5.93. The Bertz CT molecular complexity index is 499. The number of benzene rings is 1. The Balaban J connectivity index is 2.41. The van der Waals surface area contributed by atoms with E-state index in [-0.39, 0.29) is 18.1 Å². The molecule has 0 unspecified atom stereocenters. The molecule has 7 nitrogen and oxygen atoms in total. The first-order valence-corrected chi connectivity index (χ1v) is 6.63. The summed E-state index contributed by atoms with van der Waals surface area (Å²) in [5, 5.41) is 5.02. The zero-order chi connectivity index (χ0) is 15.7. The van der Waals surface area contributed by atoms with Crippen molar-refractivity contribution in [2.45, 2.75) is 19.8 Å². The first-order chi connectivity index (χ1) is 10.0. The summed E-state index contributed by atoms with van der Waals surface area (Å²) >= 11 is 0. The summed E-state index contributed by atoms with van der Waals surface area (Å²) in [5.74, 6) is -0.935. The van der Waals surface area contributed by atoms with E-state index in [0.29, 0.717) is 12.2 Å². The van der Waals surface area contributed by atoms with E-state index in [1.807, 2.05) is 6.92 Å². The minimum Gasteiger partial charge on any atom is -0.452 e. The number of nitrogens with two attached hydrogens (primary N) is 1. The van der Waals surface area contributed by atoms with Crippen LogP contribution in [0.25, 0.3) is 0 Å². The molecule has 0 fully saturated rings. The van der Waals surface area contributed by atoms with Gasteiger partial charge in [-0.1, -0.05) is 13.3 Å². The number of hydrogen-bond donors (Lipinski definition) is 3. The van der Waals surface area contributed by atoms with Crippen molar-refractivity contribution in [1.82, 2.24) is 5.32 Å². The number of carbonyl (C=O) groups is 3. The standard InChI is InChI=1S/C14H19N3O4/c1-2-3-8-16-12(18)9-21-13(19)10-4-6-11(7-5-10)17-14(15)20/h4-7H,2-3,8-9H2,1H3,(H,16,18)(H3,15,17,20). The lowest BCUT2D eigenvalue weighted by atomic mass is 10.2. The molecule has 7 heteroatoms. The van der Waals surface area contributed by atoms with Gasteiger partial charge in [-0.05, 0) is 30.7 Å². The fraction of sp³-hybridized carbons (Fsp3) is 0.357. The fourth-order valence-electron chi connectivity index (χ4n) is 1.50. The van der Waals surface area contributed by atoms with Crippen LogP contribution in [0, 0.1) is 0 Å². The number of unbranched alkanes of at least 4 members (excludes halogenated alkanes) is 1. The van der Waals surface area contributed by atoms with Crippen LogP contribution < -0.4 is 16.4 Å². The first kappa shape index (κ1) is 16.5. The number of ether oxygens (including phenoxy) is 1. The molecule has 21 heavy (non-hydrogen) atoms. The summed E-state index contributed by atoms with van der Waals surface area (Å²) in [6.07, 6.45) is 1.86. The molecule has 1 aromatic rings. The van der Waals surface area contributed by atoms with Crippen molar-refractivity contribution < 1.29 is 19.1 Å². The highest BCUT2D eigenvalue weighted by Gasteiger charge is 2.10. The summed E-state index contributed by atoms with van der Waals surface area (Å²) in [7, 11) is 0. The Labute approximate surface area is 122 Å². The lowest BCUT2D eigenvalue weighted by molar-refractivity contribution is -0.124. The van der Waals surface area contributed by atoms with Crippen LogP contribution in [0.1, 0.15) is 30.1 Å². The molecule has 114 valence electrons. The third-order valence-electron chi connectivity index (χ3n) is 2.57. The second-order valence-corrected chi connectivity index (χ2v) is 4.35. The van der Waals surface area contributed by atoms with Crippen LogP contribution in [-0.4, -0.2) is 31.1 Å². The maximum absolute atomic E-state index is 11.7. The molecule has 0 heterocycles. The van der Waals surface area contributed by atoms with Gasteiger partial charge in [-0.3, -0.25) is 4.79 Å². The Hall–Kier alpha value is -2.57. The second kappa shape index (κ2) is 8.57. The quantitative estimate of drug-likeness (QED) is 0.519. The van der Waals surface area contributed by atoms with Gasteiger partial charge >= 0.3 is 12.0 Å². The Morgan fingerprint density at radius 3 is 2.43 bits per heavy atom. The zero-order valence-corrected chi connectivity index (χ0v) is 11.8. The SMILES string of the molecule is CCCCNC(=O)COC(=O)c1ccc(NC(N)=O)cc1. The number of primary amides is 1. The van der Waals surface area contributed by atoms with Gasteiger partial charge in [0.05, 0.1) is 5.56 Å². The van der Waals surface area contributed by atoms with Crippen molar-refractivity contribution >= 4 is 23.6 Å². The van der Waals surface area contributed by atoms with Crippen LogP contribution >= 0.6 is 0 Å². The van der Waals surface area contributed by atoms with Crippen LogP contribution in [0.15, 0.2) is 24.3 Å². The molecule has 1 aromatic carbocycles. The second-order valence-electron chi connectivity index (χ2n) is 4.35. The molecule has 0 aliphatic carbocycles. The van der Waals surface area contributed by atoms with E-state index in [1.165, 1.54) is 24.3 Å². The van der Waals surface area contributed by atoms with E-state index in [1.54, 1.807) is 0 Å². The number of esters is 1. The molecule has 3 amide bonds. The number of hydrogen-bond acceptors (Lipinski definition) is 4. The van der Waals surface area contributed by atoms with Crippen LogP contribution in [0.5, 0.6) is 0 Å². The number of nitrogens with one attached hydrogen (secondary N) is 2. The van der Waals surface area contributed by atoms with Gasteiger partial charge in [-0.25, -0.2) is 9.59 Å². The molecular formula is C14H19N3O4. The summed E-state index contributed by atoms with van der Waals surface area (Å²) in [5.41, 5.74) is 5.72. The Morgan fingerprint density at radius 2 is 1.86 bits per heavy atom. The molecule has 0 atom stereocenters. The van der Waals surface area contributed by atoms with E-state index in [2.05, 4.69) is 10.6 Å². The molecule has 0 saturated carbocycles. The summed E-state index contributed by atoms with van der Waals surface area (Å²) in [6.45, 7) is 2.27. The molecular weight excluding hydrogens is 274 g/mol. The minimum atomic E-state index is -0.686. The number of anilines is 1. The van der Waals surface area contributed by atoms with Crippen molar-refractivity contribution in [1.29, 1.82) is 0 Å². The van der Waals surface area contributed by atoms with Crippen molar-refractivity contribution in [3.05, 3.63) is 29.8 Å². The van der Waals surface area contributed by atoms with Gasteiger partial charge < -0.3 is 21.1 Å². The molecule has 0 aromatic heterocycles. The zero-order valence-electron chi connectivity index (χ0n) is 11.8. The van der Waals surface area contributed by atoms with Gasteiger partial charge in [-0.2, -0.15) is 0 Å². The van der Waals surface area contributed by atoms with Gasteiger partial charge in [0.2, 0.25) is 0 Å². The lowest BCUT2D eigenvalue weighted by Gasteiger charge is -2.07. The number of amides is 3. The highest BCUT2D eigenvalue weighted by atomic mass is 16.5. The van der Waals surface area contributed by atoms with Crippen molar-refractivity contribution in [3.8, 4) is 0 Å². The molecule has 1 rings (SSSR count). The van der Waals surface area contributed by atoms with Gasteiger partial charge in [0.1, 0.15) is 0 Å². The maximum Gasteiger partial charge on any atom is 0.338 e. The lowest BCUT2D eigenvalue weighted by Crippen LogP contribution is -2.29. The van der Waals surface area contributed by atoms with Crippen LogP contribution in [0.3, 0.4) is 0 Å². The number of carbonyl (C=O) groups excluding carboxylic acids is 3. The largest absolute Gasteiger partial charge is 0.452 e. The predicted molar refractivity (Wildman–Crippen MR) is 77.8 cm³/mol. The van der Waals surface area contributed by atoms with E-state index in [0.717, 1.165) is 12.8 Å². The van der Waals surface area contributed by atoms with Gasteiger partial charge in [0.15, 0.2) is 6.61 Å². The smallest absolute Gasteiger partial charge is 0.338 e. The van der Waals surface area contributed by atoms with E-state index < -0.39 is 12.0 Å². The molecule has 4 N–H and O–H groups in total. The molecule has 0 bridgehead atoms. The van der Waals surface area contributed by atoms with Gasteiger partial charge in [-0.15, -0.1) is 0 Å². The average molecular weight is 293 g/mol. The maximum atomic E-state index is 11.7. The molecule has 0 aliphatic rings. The topological polar surface area (TPSA) is 111 Å². The van der Waals surface area contributed by atoms with E-state index in [4.69, 9.17) is 10.5 Å². The Morgan fingerprint density at radius 1 is 1.19 bits per heavy atom. The highest BCUT2D eigenvalue weighted by Crippen LogP contribution is 2.10. The summed E-state index contributed by atoms with van der Waals surface area (Å²) < 4.78 is 4.88. The number of urea groups is 1. The van der Waals surface area contributed by atoms with E-state index in [9.17, 15) is 14.4 Å².